The number of rotatable bonds is 10. The van der Waals surface area contributed by atoms with Crippen LogP contribution < -0.4 is 10.6 Å². The molecule has 9 heteroatoms. The Morgan fingerprint density at radius 1 is 0.821 bits per heavy atom. The number of ether oxygens (including phenoxy) is 2. The lowest BCUT2D eigenvalue weighted by Crippen LogP contribution is -2.57. The van der Waals surface area contributed by atoms with Crippen molar-refractivity contribution >= 4 is 23.9 Å². The van der Waals surface area contributed by atoms with Crippen molar-refractivity contribution in [2.75, 3.05) is 20.8 Å². The minimum atomic E-state index is -0.914. The summed E-state index contributed by atoms with van der Waals surface area (Å²) in [6.07, 6.45) is -0.708. The molecule has 0 fully saturated rings. The second kappa shape index (κ2) is 12.8. The molecular weight excluding hydrogens is 498 g/mol. The number of hydrogen-bond acceptors (Lipinski definition) is 6. The van der Waals surface area contributed by atoms with E-state index in [1.807, 2.05) is 36.4 Å². The molecule has 0 radical (unpaired) electrons. The third kappa shape index (κ3) is 6.58. The summed E-state index contributed by atoms with van der Waals surface area (Å²) >= 11 is 0. The highest BCUT2D eigenvalue weighted by molar-refractivity contribution is 5.93. The van der Waals surface area contributed by atoms with Crippen LogP contribution in [0.15, 0.2) is 48.5 Å². The van der Waals surface area contributed by atoms with Gasteiger partial charge in [0.1, 0.15) is 24.7 Å². The number of hydrogen-bond donors (Lipinski definition) is 2. The molecule has 0 bridgehead atoms. The second-order valence-corrected chi connectivity index (χ2v) is 10.6. The molecule has 0 aromatic heterocycles. The number of alkyl carbamates (subject to hydrolysis) is 1. The van der Waals surface area contributed by atoms with Crippen LogP contribution in [-0.2, 0) is 23.9 Å². The van der Waals surface area contributed by atoms with E-state index in [0.29, 0.717) is 0 Å². The zero-order valence-corrected chi connectivity index (χ0v) is 23.7. The Hall–Kier alpha value is -3.88. The summed E-state index contributed by atoms with van der Waals surface area (Å²) in [5.74, 6) is -2.08. The number of esters is 1. The summed E-state index contributed by atoms with van der Waals surface area (Å²) in [7, 11) is 2.75. The largest absolute Gasteiger partial charge is 0.467 e. The fraction of sp³-hybridized carbons (Fsp3) is 0.467. The highest BCUT2D eigenvalue weighted by atomic mass is 16.5. The number of likely N-dealkylation sites (N-methyl/N-ethyl adjacent to an activating group) is 1. The van der Waals surface area contributed by atoms with E-state index in [1.54, 1.807) is 34.6 Å². The van der Waals surface area contributed by atoms with Gasteiger partial charge in [-0.1, -0.05) is 76.2 Å². The number of carbonyl (C=O) groups is 4. The number of nitrogens with one attached hydrogen (secondary N) is 2. The SMILES string of the molecule is COC(=O)[C@@H](NC(=O)[C@@H](C)N(C)C(=O)[C@@H](NC(=O)OCC1c2ccccc2-c2ccccc21)C(C)C)C(C)C. The molecule has 2 aromatic rings. The van der Waals surface area contributed by atoms with Crippen molar-refractivity contribution in [3.63, 3.8) is 0 Å². The maximum Gasteiger partial charge on any atom is 0.407 e. The minimum absolute atomic E-state index is 0.105. The van der Waals surface area contributed by atoms with Crippen molar-refractivity contribution in [3.8, 4) is 11.1 Å². The minimum Gasteiger partial charge on any atom is -0.467 e. The van der Waals surface area contributed by atoms with Crippen LogP contribution >= 0.6 is 0 Å². The van der Waals surface area contributed by atoms with Crippen LogP contribution in [0.5, 0.6) is 0 Å². The van der Waals surface area contributed by atoms with Gasteiger partial charge in [-0.2, -0.15) is 0 Å². The topological polar surface area (TPSA) is 114 Å². The number of amides is 3. The maximum atomic E-state index is 13.3. The lowest BCUT2D eigenvalue weighted by Gasteiger charge is -2.31. The van der Waals surface area contributed by atoms with Crippen LogP contribution in [0.25, 0.3) is 11.1 Å². The van der Waals surface area contributed by atoms with E-state index in [0.717, 1.165) is 22.3 Å². The normalized spacial score (nSPS) is 14.6. The molecule has 0 saturated heterocycles. The maximum absolute atomic E-state index is 13.3. The van der Waals surface area contributed by atoms with Gasteiger partial charge < -0.3 is 25.0 Å². The summed E-state index contributed by atoms with van der Waals surface area (Å²) in [6.45, 7) is 8.86. The molecule has 0 heterocycles. The number of fused-ring (bicyclic) bond motifs is 3. The van der Waals surface area contributed by atoms with E-state index >= 15 is 0 Å². The Morgan fingerprint density at radius 2 is 1.33 bits per heavy atom. The lowest BCUT2D eigenvalue weighted by molar-refractivity contribution is -0.147. The second-order valence-electron chi connectivity index (χ2n) is 10.6. The molecule has 1 aliphatic rings. The summed E-state index contributed by atoms with van der Waals surface area (Å²) in [5, 5.41) is 5.35. The Labute approximate surface area is 230 Å². The predicted molar refractivity (Wildman–Crippen MR) is 148 cm³/mol. The van der Waals surface area contributed by atoms with E-state index in [9.17, 15) is 19.2 Å². The Bertz CT molecular complexity index is 1170. The monoisotopic (exact) mass is 537 g/mol. The number of methoxy groups -OCH3 is 1. The summed E-state index contributed by atoms with van der Waals surface area (Å²) in [4.78, 5) is 52.4. The fourth-order valence-corrected chi connectivity index (χ4v) is 4.77. The van der Waals surface area contributed by atoms with Gasteiger partial charge >= 0.3 is 12.1 Å². The molecule has 0 unspecified atom stereocenters. The first-order chi connectivity index (χ1) is 18.5. The van der Waals surface area contributed by atoms with Crippen LogP contribution in [-0.4, -0.2) is 67.7 Å². The third-order valence-electron chi connectivity index (χ3n) is 7.28. The molecule has 3 atom stereocenters. The molecular formula is C30H39N3O6. The first-order valence-corrected chi connectivity index (χ1v) is 13.2. The molecule has 3 rings (SSSR count). The molecule has 9 nitrogen and oxygen atoms in total. The Kier molecular flexibility index (Phi) is 9.72. The first-order valence-electron chi connectivity index (χ1n) is 13.2. The van der Waals surface area contributed by atoms with Crippen molar-refractivity contribution in [2.24, 2.45) is 11.8 Å². The van der Waals surface area contributed by atoms with Gasteiger partial charge in [0.25, 0.3) is 0 Å². The van der Waals surface area contributed by atoms with Gasteiger partial charge in [0.05, 0.1) is 7.11 Å². The smallest absolute Gasteiger partial charge is 0.407 e. The average molecular weight is 538 g/mol. The molecule has 1 aliphatic carbocycles. The van der Waals surface area contributed by atoms with Gasteiger partial charge in [0.15, 0.2) is 0 Å². The van der Waals surface area contributed by atoms with Crippen LogP contribution in [0.4, 0.5) is 4.79 Å². The van der Waals surface area contributed by atoms with E-state index in [4.69, 9.17) is 9.47 Å². The molecule has 210 valence electrons. The number of benzene rings is 2. The highest BCUT2D eigenvalue weighted by Crippen LogP contribution is 2.44. The molecule has 0 saturated carbocycles. The van der Waals surface area contributed by atoms with Gasteiger partial charge in [0, 0.05) is 13.0 Å². The molecule has 0 aliphatic heterocycles. The van der Waals surface area contributed by atoms with Gasteiger partial charge in [0.2, 0.25) is 11.8 Å². The fourth-order valence-electron chi connectivity index (χ4n) is 4.77. The van der Waals surface area contributed by atoms with Gasteiger partial charge in [-0.05, 0) is 41.0 Å². The zero-order valence-electron chi connectivity index (χ0n) is 23.7. The van der Waals surface area contributed by atoms with Gasteiger partial charge in [-0.15, -0.1) is 0 Å². The molecule has 2 N–H and O–H groups in total. The molecule has 2 aromatic carbocycles. The van der Waals surface area contributed by atoms with Crippen molar-refractivity contribution in [2.45, 2.75) is 58.7 Å². The molecule has 3 amide bonds. The standard InChI is InChI=1S/C30H39N3O6/c1-17(2)25(28(35)33(6)19(5)27(34)31-26(18(3)4)29(36)38-7)32-30(37)39-16-24-22-14-10-8-12-20(22)21-13-9-11-15-23(21)24/h8-15,17-19,24-26H,16H2,1-7H3,(H,31,34)(H,32,37)/t19-,25+,26+/m1/s1. The highest BCUT2D eigenvalue weighted by Gasteiger charge is 2.35. The quantitative estimate of drug-likeness (QED) is 0.447. The molecule has 39 heavy (non-hydrogen) atoms. The number of nitrogens with zero attached hydrogens (tertiary/aromatic N) is 1. The first kappa shape index (κ1) is 29.7. The summed E-state index contributed by atoms with van der Waals surface area (Å²) < 4.78 is 10.4. The molecule has 0 spiro atoms. The zero-order chi connectivity index (χ0) is 28.9. The van der Waals surface area contributed by atoms with E-state index in [2.05, 4.69) is 22.8 Å². The van der Waals surface area contributed by atoms with Crippen molar-refractivity contribution in [3.05, 3.63) is 59.7 Å². The summed E-state index contributed by atoms with van der Waals surface area (Å²) in [5.41, 5.74) is 4.43. The van der Waals surface area contributed by atoms with Crippen molar-refractivity contribution in [1.82, 2.24) is 15.5 Å². The van der Waals surface area contributed by atoms with Crippen LogP contribution in [0, 0.1) is 11.8 Å². The summed E-state index contributed by atoms with van der Waals surface area (Å²) in [6, 6.07) is 13.4. The Morgan fingerprint density at radius 3 is 1.82 bits per heavy atom. The van der Waals surface area contributed by atoms with E-state index in [1.165, 1.54) is 19.1 Å². The number of carbonyl (C=O) groups excluding carboxylic acids is 4. The van der Waals surface area contributed by atoms with Crippen LogP contribution in [0.1, 0.15) is 51.7 Å². The van der Waals surface area contributed by atoms with Crippen LogP contribution in [0.2, 0.25) is 0 Å². The average Bonchev–Trinajstić information content (AvgIpc) is 3.24. The van der Waals surface area contributed by atoms with Crippen LogP contribution in [0.3, 0.4) is 0 Å². The van der Waals surface area contributed by atoms with Crippen molar-refractivity contribution < 1.29 is 28.7 Å². The third-order valence-corrected chi connectivity index (χ3v) is 7.28. The van der Waals surface area contributed by atoms with Gasteiger partial charge in [-0.3, -0.25) is 9.59 Å². The van der Waals surface area contributed by atoms with E-state index < -0.39 is 42.0 Å². The predicted octanol–water partition coefficient (Wildman–Crippen LogP) is 3.71. The van der Waals surface area contributed by atoms with Crippen molar-refractivity contribution in [1.29, 1.82) is 0 Å². The van der Waals surface area contributed by atoms with E-state index in [-0.39, 0.29) is 24.4 Å². The van der Waals surface area contributed by atoms with Gasteiger partial charge in [-0.25, -0.2) is 9.59 Å². The lowest BCUT2D eigenvalue weighted by atomic mass is 9.98. The Balaban J connectivity index is 1.64.